The zero-order valence-electron chi connectivity index (χ0n) is 17.8. The maximum absolute atomic E-state index is 8.45. The molecule has 1 aromatic carbocycles. The maximum atomic E-state index is 8.45. The van der Waals surface area contributed by atoms with Gasteiger partial charge in [0.05, 0.1) is 18.7 Å². The lowest BCUT2D eigenvalue weighted by Crippen LogP contribution is -2.36. The van der Waals surface area contributed by atoms with E-state index >= 15 is 0 Å². The molecule has 1 saturated heterocycles. The van der Waals surface area contributed by atoms with Crippen molar-refractivity contribution in [2.45, 2.75) is 38.2 Å². The Bertz CT molecular complexity index is 935. The van der Waals surface area contributed by atoms with Crippen LogP contribution in [0.2, 0.25) is 0 Å². The number of hydrogen-bond donors (Lipinski definition) is 0. The molecular formula is C22H29N6O2+. The predicted molar refractivity (Wildman–Crippen MR) is 119 cm³/mol. The number of azide groups is 1. The molecule has 1 fully saturated rings. The van der Waals surface area contributed by atoms with Crippen LogP contribution in [-0.4, -0.2) is 62.4 Å². The number of hydrogen-bond acceptors (Lipinski definition) is 5. The number of piperidine rings is 1. The first-order chi connectivity index (χ1) is 14.7. The van der Waals surface area contributed by atoms with Gasteiger partial charge in [-0.3, -0.25) is 0 Å². The highest BCUT2D eigenvalue weighted by atomic mass is 16.5. The normalized spacial score (nSPS) is 19.8. The molecule has 1 aromatic rings. The van der Waals surface area contributed by atoms with Gasteiger partial charge in [0, 0.05) is 48.4 Å². The Hall–Kier alpha value is -2.99. The molecule has 0 radical (unpaired) electrons. The Labute approximate surface area is 177 Å². The van der Waals surface area contributed by atoms with Crippen molar-refractivity contribution in [3.05, 3.63) is 34.7 Å². The standard InChI is InChI=1S/C22H29N6O2/c1-27(2)16-7-8-18-19(13-16)30-21-15-17(28-10-4-3-5-11-28)14-20(22(21)25-18)29-12-6-9-24-26-23/h7-8,14-15,19H,3-6,9-13H2,1-2H3/q+1. The summed E-state index contributed by atoms with van der Waals surface area (Å²) < 4.78 is 14.6. The van der Waals surface area contributed by atoms with E-state index in [1.807, 2.05) is 6.08 Å². The van der Waals surface area contributed by atoms with Crippen LogP contribution in [-0.2, 0) is 0 Å². The van der Waals surface area contributed by atoms with Gasteiger partial charge in [0.1, 0.15) is 19.8 Å². The number of anilines is 1. The zero-order valence-corrected chi connectivity index (χ0v) is 17.8. The molecule has 2 heterocycles. The molecule has 8 nitrogen and oxygen atoms in total. The summed E-state index contributed by atoms with van der Waals surface area (Å²) in [6.07, 6.45) is 9.23. The molecule has 30 heavy (non-hydrogen) atoms. The van der Waals surface area contributed by atoms with Crippen molar-refractivity contribution in [2.75, 3.05) is 45.2 Å². The number of aliphatic imine (C=N–C) groups is 1. The predicted octanol–water partition coefficient (Wildman–Crippen LogP) is 4.26. The van der Waals surface area contributed by atoms with Gasteiger partial charge in [-0.1, -0.05) is 5.11 Å². The summed E-state index contributed by atoms with van der Waals surface area (Å²) in [5.74, 6) is 1.51. The van der Waals surface area contributed by atoms with E-state index in [9.17, 15) is 0 Å². The van der Waals surface area contributed by atoms with Gasteiger partial charge in [-0.05, 0) is 37.3 Å². The fourth-order valence-corrected chi connectivity index (χ4v) is 4.05. The van der Waals surface area contributed by atoms with Crippen LogP contribution >= 0.6 is 0 Å². The molecule has 0 N–H and O–H groups in total. The van der Waals surface area contributed by atoms with Crippen molar-refractivity contribution in [3.8, 4) is 11.5 Å². The Morgan fingerprint density at radius 2 is 2.10 bits per heavy atom. The molecule has 0 spiro atoms. The Balaban J connectivity index is 1.65. The van der Waals surface area contributed by atoms with Gasteiger partial charge in [-0.2, -0.15) is 0 Å². The molecule has 0 saturated carbocycles. The number of allylic oxidation sites excluding steroid dienone is 1. The van der Waals surface area contributed by atoms with Crippen molar-refractivity contribution in [1.82, 2.24) is 0 Å². The summed E-state index contributed by atoms with van der Waals surface area (Å²) in [5, 5.41) is 3.58. The summed E-state index contributed by atoms with van der Waals surface area (Å²) in [5.41, 5.74) is 12.5. The highest BCUT2D eigenvalue weighted by Crippen LogP contribution is 2.45. The van der Waals surface area contributed by atoms with Gasteiger partial charge in [0.25, 0.3) is 0 Å². The second kappa shape index (κ2) is 9.22. The highest BCUT2D eigenvalue weighted by molar-refractivity contribution is 6.12. The van der Waals surface area contributed by atoms with E-state index in [0.29, 0.717) is 19.6 Å². The Kier molecular flexibility index (Phi) is 6.23. The molecule has 0 bridgehead atoms. The van der Waals surface area contributed by atoms with E-state index < -0.39 is 0 Å². The van der Waals surface area contributed by atoms with Gasteiger partial charge in [-0.25, -0.2) is 9.57 Å². The van der Waals surface area contributed by atoms with Crippen molar-refractivity contribution in [2.24, 2.45) is 10.1 Å². The fraction of sp³-hybridized carbons (Fsp3) is 0.545. The third-order valence-corrected chi connectivity index (χ3v) is 5.72. The Morgan fingerprint density at radius 3 is 2.87 bits per heavy atom. The van der Waals surface area contributed by atoms with Gasteiger partial charge < -0.3 is 14.4 Å². The van der Waals surface area contributed by atoms with Crippen LogP contribution in [0.5, 0.6) is 11.5 Å². The number of fused-ring (bicyclic) bond motifs is 2. The highest BCUT2D eigenvalue weighted by Gasteiger charge is 2.32. The molecule has 0 aromatic heterocycles. The van der Waals surface area contributed by atoms with Gasteiger partial charge >= 0.3 is 0 Å². The number of rotatable bonds is 6. The molecule has 1 unspecified atom stereocenters. The van der Waals surface area contributed by atoms with Gasteiger partial charge in [-0.15, -0.1) is 0 Å². The lowest BCUT2D eigenvalue weighted by molar-refractivity contribution is -0.465. The van der Waals surface area contributed by atoms with E-state index in [1.54, 1.807) is 0 Å². The van der Waals surface area contributed by atoms with Crippen molar-refractivity contribution < 1.29 is 14.0 Å². The summed E-state index contributed by atoms with van der Waals surface area (Å²) in [6, 6.07) is 4.19. The lowest BCUT2D eigenvalue weighted by atomic mass is 9.98. The third kappa shape index (κ3) is 4.44. The smallest absolute Gasteiger partial charge is 0.179 e. The average Bonchev–Trinajstić information content (AvgIpc) is 2.77. The van der Waals surface area contributed by atoms with Crippen LogP contribution < -0.4 is 14.4 Å². The quantitative estimate of drug-likeness (QED) is 0.231. The number of ether oxygens (including phenoxy) is 2. The summed E-state index contributed by atoms with van der Waals surface area (Å²) >= 11 is 0. The summed E-state index contributed by atoms with van der Waals surface area (Å²) in [6.45, 7) is 2.99. The lowest BCUT2D eigenvalue weighted by Gasteiger charge is -2.32. The molecule has 0 amide bonds. The van der Waals surface area contributed by atoms with Crippen LogP contribution in [0.15, 0.2) is 34.4 Å². The third-order valence-electron chi connectivity index (χ3n) is 5.72. The van der Waals surface area contributed by atoms with E-state index in [2.05, 4.69) is 51.8 Å². The molecule has 1 aliphatic carbocycles. The molecule has 2 aliphatic heterocycles. The van der Waals surface area contributed by atoms with Crippen LogP contribution in [0.1, 0.15) is 32.1 Å². The minimum Gasteiger partial charge on any atom is -0.491 e. The maximum Gasteiger partial charge on any atom is 0.179 e. The fourth-order valence-electron chi connectivity index (χ4n) is 4.05. The number of nitrogens with zero attached hydrogens (tertiary/aromatic N) is 6. The zero-order chi connectivity index (χ0) is 20.9. The molecular weight excluding hydrogens is 380 g/mol. The summed E-state index contributed by atoms with van der Waals surface area (Å²) in [7, 11) is 4.10. The minimum absolute atomic E-state index is 0.0747. The molecule has 8 heteroatoms. The molecule has 1 atom stereocenters. The SMILES string of the molecule is C[N+](C)=C1C=CC2=Nc3c(OCCCN=[N+]=[N-])cc(N4CCCCC4)cc3OC2C1. The van der Waals surface area contributed by atoms with E-state index in [4.69, 9.17) is 20.0 Å². The van der Waals surface area contributed by atoms with Gasteiger partial charge in [0.15, 0.2) is 23.3 Å². The first-order valence-corrected chi connectivity index (χ1v) is 10.7. The Morgan fingerprint density at radius 1 is 1.27 bits per heavy atom. The van der Waals surface area contributed by atoms with Crippen molar-refractivity contribution in [1.29, 1.82) is 0 Å². The van der Waals surface area contributed by atoms with Crippen molar-refractivity contribution in [3.63, 3.8) is 0 Å². The molecule has 4 rings (SSSR count). The van der Waals surface area contributed by atoms with E-state index in [-0.39, 0.29) is 6.10 Å². The average molecular weight is 410 g/mol. The monoisotopic (exact) mass is 409 g/mol. The first kappa shape index (κ1) is 20.3. The van der Waals surface area contributed by atoms with Crippen LogP contribution in [0.4, 0.5) is 11.4 Å². The van der Waals surface area contributed by atoms with Crippen molar-refractivity contribution >= 4 is 22.8 Å². The van der Waals surface area contributed by atoms with Gasteiger partial charge in [0.2, 0.25) is 0 Å². The molecule has 158 valence electrons. The van der Waals surface area contributed by atoms with Crippen LogP contribution in [0, 0.1) is 0 Å². The summed E-state index contributed by atoms with van der Waals surface area (Å²) in [4.78, 5) is 10.1. The van der Waals surface area contributed by atoms with E-state index in [1.165, 1.54) is 25.0 Å². The second-order valence-electron chi connectivity index (χ2n) is 8.06. The topological polar surface area (TPSA) is 85.8 Å². The minimum atomic E-state index is -0.0747. The van der Waals surface area contributed by atoms with E-state index in [0.717, 1.165) is 48.1 Å². The van der Waals surface area contributed by atoms with Crippen LogP contribution in [0.25, 0.3) is 10.4 Å². The molecule has 3 aliphatic rings. The second-order valence-corrected chi connectivity index (χ2v) is 8.06. The first-order valence-electron chi connectivity index (χ1n) is 10.7. The number of benzene rings is 1. The largest absolute Gasteiger partial charge is 0.491 e. The van der Waals surface area contributed by atoms with Crippen LogP contribution in [0.3, 0.4) is 0 Å².